The molecule has 1 atom stereocenters. The molecule has 2 nitrogen and oxygen atoms in total. The third-order valence-electron chi connectivity index (χ3n) is 3.57. The van der Waals surface area contributed by atoms with Crippen LogP contribution in [0, 0.1) is 13.8 Å². The summed E-state index contributed by atoms with van der Waals surface area (Å²) >= 11 is 11.9. The zero-order valence-electron chi connectivity index (χ0n) is 11.9. The summed E-state index contributed by atoms with van der Waals surface area (Å²) in [4.78, 5) is 11.6. The molecule has 0 bridgehead atoms. The maximum absolute atomic E-state index is 11.6. The van der Waals surface area contributed by atoms with Crippen LogP contribution < -0.4 is 0 Å². The first-order chi connectivity index (χ1) is 9.88. The maximum atomic E-state index is 11.6. The van der Waals surface area contributed by atoms with Crippen molar-refractivity contribution in [1.82, 2.24) is 0 Å². The molecule has 4 heteroatoms. The molecule has 0 aromatic heterocycles. The Hall–Kier alpha value is -1.51. The van der Waals surface area contributed by atoms with Gasteiger partial charge in [-0.1, -0.05) is 53.0 Å². The van der Waals surface area contributed by atoms with Gasteiger partial charge in [0.15, 0.2) is 0 Å². The summed E-state index contributed by atoms with van der Waals surface area (Å²) in [5.74, 6) is -1.51. The minimum atomic E-state index is -0.866. The molecule has 0 aliphatic carbocycles. The van der Waals surface area contributed by atoms with Crippen LogP contribution in [0.1, 0.15) is 28.2 Å². The van der Waals surface area contributed by atoms with E-state index in [1.165, 1.54) is 0 Å². The van der Waals surface area contributed by atoms with Gasteiger partial charge in [0.25, 0.3) is 0 Å². The molecule has 2 aromatic carbocycles. The van der Waals surface area contributed by atoms with Gasteiger partial charge in [0.2, 0.25) is 0 Å². The molecule has 0 aliphatic heterocycles. The summed E-state index contributed by atoms with van der Waals surface area (Å²) < 4.78 is 0. The van der Waals surface area contributed by atoms with Crippen LogP contribution in [0.3, 0.4) is 0 Å². The van der Waals surface area contributed by atoms with Gasteiger partial charge in [-0.3, -0.25) is 4.79 Å². The normalized spacial score (nSPS) is 12.2. The molecule has 110 valence electrons. The van der Waals surface area contributed by atoms with Crippen LogP contribution in [0.4, 0.5) is 0 Å². The highest BCUT2D eigenvalue weighted by Gasteiger charge is 2.22. The van der Waals surface area contributed by atoms with Crippen LogP contribution in [0.2, 0.25) is 10.0 Å². The average Bonchev–Trinajstić information content (AvgIpc) is 2.42. The first-order valence-electron chi connectivity index (χ1n) is 6.62. The summed E-state index contributed by atoms with van der Waals surface area (Å²) in [7, 11) is 0. The van der Waals surface area contributed by atoms with Crippen LogP contribution in [0.25, 0.3) is 0 Å². The highest BCUT2D eigenvalue weighted by atomic mass is 35.5. The standard InChI is InChI=1S/C17H16Cl2O2/c1-10-3-4-11(2)13(7-10)8-14(17(20)21)12-5-6-15(18)16(19)9-12/h3-7,9,14H,8H2,1-2H3,(H,20,21). The molecule has 2 rings (SSSR count). The predicted molar refractivity (Wildman–Crippen MR) is 86.5 cm³/mol. The lowest BCUT2D eigenvalue weighted by Crippen LogP contribution is -2.15. The number of hydrogen-bond acceptors (Lipinski definition) is 1. The van der Waals surface area contributed by atoms with Crippen LogP contribution in [-0.2, 0) is 11.2 Å². The number of benzene rings is 2. The molecule has 0 fully saturated rings. The fraction of sp³-hybridized carbons (Fsp3) is 0.235. The molecule has 0 heterocycles. The van der Waals surface area contributed by atoms with Crippen molar-refractivity contribution in [3.63, 3.8) is 0 Å². The predicted octanol–water partition coefficient (Wildman–Crippen LogP) is 5.02. The fourth-order valence-electron chi connectivity index (χ4n) is 2.32. The van der Waals surface area contributed by atoms with Crippen molar-refractivity contribution in [2.45, 2.75) is 26.2 Å². The van der Waals surface area contributed by atoms with E-state index in [1.807, 2.05) is 32.0 Å². The molecule has 0 saturated heterocycles. The van der Waals surface area contributed by atoms with E-state index in [0.717, 1.165) is 16.7 Å². The number of carboxylic acids is 1. The van der Waals surface area contributed by atoms with Crippen molar-refractivity contribution in [2.24, 2.45) is 0 Å². The SMILES string of the molecule is Cc1ccc(C)c(CC(C(=O)O)c2ccc(Cl)c(Cl)c2)c1. The second kappa shape index (κ2) is 6.50. The highest BCUT2D eigenvalue weighted by Crippen LogP contribution is 2.29. The van der Waals surface area contributed by atoms with Crippen LogP contribution >= 0.6 is 23.2 Å². The van der Waals surface area contributed by atoms with E-state index >= 15 is 0 Å². The van der Waals surface area contributed by atoms with Gasteiger partial charge in [0.1, 0.15) is 0 Å². The quantitative estimate of drug-likeness (QED) is 0.857. The van der Waals surface area contributed by atoms with Crippen molar-refractivity contribution in [1.29, 1.82) is 0 Å². The fourth-order valence-corrected chi connectivity index (χ4v) is 2.62. The number of rotatable bonds is 4. The second-order valence-corrected chi connectivity index (χ2v) is 6.01. The second-order valence-electron chi connectivity index (χ2n) is 5.20. The number of halogens is 2. The minimum absolute atomic E-state index is 0.376. The first kappa shape index (κ1) is 15.9. The Balaban J connectivity index is 2.37. The Bertz CT molecular complexity index is 680. The van der Waals surface area contributed by atoms with E-state index in [0.29, 0.717) is 22.0 Å². The van der Waals surface area contributed by atoms with Crippen LogP contribution in [-0.4, -0.2) is 11.1 Å². The zero-order chi connectivity index (χ0) is 15.6. The average molecular weight is 323 g/mol. The Morgan fingerprint density at radius 2 is 1.81 bits per heavy atom. The van der Waals surface area contributed by atoms with Crippen LogP contribution in [0.5, 0.6) is 0 Å². The lowest BCUT2D eigenvalue weighted by molar-refractivity contribution is -0.138. The Morgan fingerprint density at radius 3 is 2.43 bits per heavy atom. The maximum Gasteiger partial charge on any atom is 0.311 e. The molecule has 0 saturated carbocycles. The lowest BCUT2D eigenvalue weighted by atomic mass is 9.89. The van der Waals surface area contributed by atoms with Gasteiger partial charge in [0, 0.05) is 0 Å². The molecule has 0 spiro atoms. The largest absolute Gasteiger partial charge is 0.481 e. The van der Waals surface area contributed by atoms with Gasteiger partial charge < -0.3 is 5.11 Å². The topological polar surface area (TPSA) is 37.3 Å². The molecule has 0 amide bonds. The zero-order valence-corrected chi connectivity index (χ0v) is 13.4. The van der Waals surface area contributed by atoms with Crippen molar-refractivity contribution >= 4 is 29.2 Å². The Labute approximate surface area is 134 Å². The van der Waals surface area contributed by atoms with E-state index in [4.69, 9.17) is 23.2 Å². The summed E-state index contributed by atoms with van der Waals surface area (Å²) in [5.41, 5.74) is 3.91. The molecular formula is C17H16Cl2O2. The monoisotopic (exact) mass is 322 g/mol. The first-order valence-corrected chi connectivity index (χ1v) is 7.38. The van der Waals surface area contributed by atoms with Gasteiger partial charge in [-0.2, -0.15) is 0 Å². The highest BCUT2D eigenvalue weighted by molar-refractivity contribution is 6.42. The Kier molecular flexibility index (Phi) is 4.92. The van der Waals surface area contributed by atoms with Crippen molar-refractivity contribution in [3.05, 3.63) is 68.7 Å². The Morgan fingerprint density at radius 1 is 1.10 bits per heavy atom. The van der Waals surface area contributed by atoms with E-state index in [-0.39, 0.29) is 0 Å². The molecule has 0 aliphatic rings. The molecule has 1 unspecified atom stereocenters. The smallest absolute Gasteiger partial charge is 0.311 e. The van der Waals surface area contributed by atoms with Gasteiger partial charge in [-0.25, -0.2) is 0 Å². The molecule has 2 aromatic rings. The van der Waals surface area contributed by atoms with Gasteiger partial charge in [0.05, 0.1) is 16.0 Å². The summed E-state index contributed by atoms with van der Waals surface area (Å²) in [5, 5.41) is 10.3. The van der Waals surface area contributed by atoms with Crippen LogP contribution in [0.15, 0.2) is 36.4 Å². The number of carbonyl (C=O) groups is 1. The van der Waals surface area contributed by atoms with Gasteiger partial charge >= 0.3 is 5.97 Å². The van der Waals surface area contributed by atoms with Crippen molar-refractivity contribution < 1.29 is 9.90 Å². The molecule has 0 radical (unpaired) electrons. The van der Waals surface area contributed by atoms with E-state index in [1.54, 1.807) is 18.2 Å². The van der Waals surface area contributed by atoms with Crippen molar-refractivity contribution in [3.8, 4) is 0 Å². The van der Waals surface area contributed by atoms with Gasteiger partial charge in [-0.15, -0.1) is 0 Å². The molecule has 21 heavy (non-hydrogen) atoms. The summed E-state index contributed by atoms with van der Waals surface area (Å²) in [6, 6.07) is 11.1. The molecule has 1 N–H and O–H groups in total. The third kappa shape index (κ3) is 3.78. The van der Waals surface area contributed by atoms with Crippen molar-refractivity contribution in [2.75, 3.05) is 0 Å². The van der Waals surface area contributed by atoms with Gasteiger partial charge in [-0.05, 0) is 49.1 Å². The molecular weight excluding hydrogens is 307 g/mol. The number of carboxylic acid groups (broad SMARTS) is 1. The third-order valence-corrected chi connectivity index (χ3v) is 4.31. The minimum Gasteiger partial charge on any atom is -0.481 e. The van der Waals surface area contributed by atoms with E-state index in [9.17, 15) is 9.90 Å². The lowest BCUT2D eigenvalue weighted by Gasteiger charge is -2.15. The summed E-state index contributed by atoms with van der Waals surface area (Å²) in [6.45, 7) is 3.99. The summed E-state index contributed by atoms with van der Waals surface area (Å²) in [6.07, 6.45) is 0.431. The number of aliphatic carboxylic acids is 1. The number of hydrogen-bond donors (Lipinski definition) is 1. The van der Waals surface area contributed by atoms with E-state index in [2.05, 4.69) is 0 Å². The van der Waals surface area contributed by atoms with E-state index < -0.39 is 11.9 Å². The number of aryl methyl sites for hydroxylation is 2.